The van der Waals surface area contributed by atoms with Crippen LogP contribution in [0.3, 0.4) is 0 Å². The Kier molecular flexibility index (Phi) is 33.2. The number of nitrogens with zero attached hydrogens (tertiary/aromatic N) is 2. The molecular weight excluding hydrogens is 855 g/mol. The monoisotopic (exact) mass is 949 g/mol. The van der Waals surface area contributed by atoms with Crippen LogP contribution in [0.5, 0.6) is 0 Å². The Balaban J connectivity index is 0.00000102. The van der Waals surface area contributed by atoms with Crippen molar-refractivity contribution >= 4 is 11.4 Å². The van der Waals surface area contributed by atoms with Gasteiger partial charge in [-0.25, -0.2) is 4.70 Å². The molecule has 0 spiro atoms. The van der Waals surface area contributed by atoms with Crippen LogP contribution in [0, 0.1) is 12.1 Å². The summed E-state index contributed by atoms with van der Waals surface area (Å²) in [6, 6.07) is 35.1. The van der Waals surface area contributed by atoms with Crippen LogP contribution in [0.2, 0.25) is 0 Å². The normalized spacial score (nSPS) is 12.1. The summed E-state index contributed by atoms with van der Waals surface area (Å²) < 4.78 is 1.72. The summed E-state index contributed by atoms with van der Waals surface area (Å²) >= 11 is 0. The number of rotatable bonds is 30. The smallest absolute Gasteiger partial charge is 0.493 e. The molecule has 0 saturated heterocycles. The third-order valence-electron chi connectivity index (χ3n) is 13.3. The predicted octanol–water partition coefficient (Wildman–Crippen LogP) is 19.8. The van der Waals surface area contributed by atoms with Crippen LogP contribution in [0.1, 0.15) is 241 Å². The van der Waals surface area contributed by atoms with Crippen LogP contribution < -0.4 is 0 Å². The Hall–Kier alpha value is -3.55. The molecule has 0 aliphatic carbocycles. The zero-order valence-electron chi connectivity index (χ0n) is 44.1. The number of benzene rings is 4. The average molecular weight is 950 g/mol. The van der Waals surface area contributed by atoms with E-state index in [9.17, 15) is 5.53 Å². The first kappa shape index (κ1) is 59.6. The Labute approximate surface area is 423 Å². The Morgan fingerprint density at radius 3 is 0.836 bits per heavy atom. The largest absolute Gasteiger partial charge is 2.00 e. The van der Waals surface area contributed by atoms with Crippen LogP contribution in [0.25, 0.3) is 16.9 Å². The van der Waals surface area contributed by atoms with Gasteiger partial charge in [-0.2, -0.15) is 72.8 Å². The van der Waals surface area contributed by atoms with Crippen LogP contribution in [-0.2, 0) is 55.0 Å². The molecule has 0 bridgehead atoms. The average Bonchev–Trinajstić information content (AvgIpc) is 3.63. The maximum atomic E-state index is 12.9. The van der Waals surface area contributed by atoms with Crippen molar-refractivity contribution in [2.75, 3.05) is 0 Å². The van der Waals surface area contributed by atoms with E-state index in [1.807, 2.05) is 60.7 Å². The van der Waals surface area contributed by atoms with E-state index in [4.69, 9.17) is 0 Å². The van der Waals surface area contributed by atoms with Crippen LogP contribution in [0.15, 0.2) is 96.1 Å². The number of unbranched alkanes of at least 4 members (excludes halogenated alkanes) is 12. The second-order valence-electron chi connectivity index (χ2n) is 18.9. The maximum Gasteiger partial charge on any atom is 2.00 e. The van der Waals surface area contributed by atoms with E-state index < -0.39 is 0 Å². The van der Waals surface area contributed by atoms with Crippen LogP contribution in [0.4, 0.5) is 0 Å². The van der Waals surface area contributed by atoms with Crippen molar-refractivity contribution in [3.63, 3.8) is 0 Å². The van der Waals surface area contributed by atoms with E-state index in [0.29, 0.717) is 0 Å². The first-order chi connectivity index (χ1) is 32.4. The maximum absolute atomic E-state index is 12.9. The molecule has 0 unspecified atom stereocenters. The first-order valence-corrected chi connectivity index (χ1v) is 27.5. The van der Waals surface area contributed by atoms with Gasteiger partial charge < -0.3 is 5.53 Å². The van der Waals surface area contributed by atoms with E-state index in [1.165, 1.54) is 138 Å². The van der Waals surface area contributed by atoms with Crippen molar-refractivity contribution in [3.8, 4) is 0 Å². The van der Waals surface area contributed by atoms with Crippen molar-refractivity contribution in [3.05, 3.63) is 158 Å². The summed E-state index contributed by atoms with van der Waals surface area (Å²) in [6.45, 7) is 18.6. The molecule has 0 fully saturated rings. The predicted molar refractivity (Wildman–Crippen MR) is 290 cm³/mol. The van der Waals surface area contributed by atoms with Gasteiger partial charge in [-0.05, 0) is 160 Å². The summed E-state index contributed by atoms with van der Waals surface area (Å²) in [5.41, 5.74) is 29.9. The van der Waals surface area contributed by atoms with E-state index in [0.717, 1.165) is 75.6 Å². The summed E-state index contributed by atoms with van der Waals surface area (Å²) in [7, 11) is 0. The molecule has 0 N–H and O–H groups in total. The van der Waals surface area contributed by atoms with E-state index in [2.05, 4.69) is 91.8 Å². The van der Waals surface area contributed by atoms with Crippen LogP contribution in [-0.4, -0.2) is 4.70 Å². The molecule has 0 atom stereocenters. The van der Waals surface area contributed by atoms with E-state index >= 15 is 0 Å². The van der Waals surface area contributed by atoms with Gasteiger partial charge in [0.15, 0.2) is 0 Å². The molecule has 370 valence electrons. The molecule has 1 aliphatic heterocycles. The Morgan fingerprint density at radius 2 is 0.612 bits per heavy atom. The fourth-order valence-corrected chi connectivity index (χ4v) is 9.55. The molecule has 4 aromatic rings. The SMILES string of the molecule is CCCCCc1cc(C2=C(CCCC)C(CCCC)=C(c3cc(CCCCC)c(CCCC)c(CCCCC)c3)[N+]2=[N-])cc(CCCCC)c1CCCC.[Ni+2].[c-]1ccccc1.[c-]1ccccc1. The van der Waals surface area contributed by atoms with Crippen molar-refractivity contribution in [1.29, 1.82) is 0 Å². The van der Waals surface area contributed by atoms with Gasteiger partial charge in [0.2, 0.25) is 11.4 Å². The molecule has 3 heteroatoms. The topological polar surface area (TPSA) is 25.3 Å². The standard InChI is InChI=1S/C52H84N2.2C6H5.Ni/c1-9-17-25-29-41-37-45(38-42(30-26-18-10-2)47(41)33-21-13-5)51-49(35-23-15-7)50(36-24-16-8)52(54(51)53)46-39-43(31-27-19-11-3)48(34-22-14-6)44(40-46)32-28-20-12-4;2*1-2-4-6-5-3-1;/h37-40H,9-36H2,1-8H3;2*1-5H;/q;2*-1;+2. The summed E-state index contributed by atoms with van der Waals surface area (Å²) in [4.78, 5) is 0. The third kappa shape index (κ3) is 20.9. The molecule has 1 heterocycles. The zero-order chi connectivity index (χ0) is 47.6. The zero-order valence-corrected chi connectivity index (χ0v) is 45.1. The summed E-state index contributed by atoms with van der Waals surface area (Å²) in [5, 5.41) is 0. The second kappa shape index (κ2) is 37.4. The summed E-state index contributed by atoms with van der Waals surface area (Å²) in [5.74, 6) is 0. The van der Waals surface area contributed by atoms with E-state index in [1.54, 1.807) is 38.1 Å². The first-order valence-electron chi connectivity index (χ1n) is 27.5. The number of allylic oxidation sites excluding steroid dienone is 2. The number of aryl methyl sites for hydroxylation is 4. The van der Waals surface area contributed by atoms with Crippen molar-refractivity contribution in [2.45, 2.75) is 235 Å². The minimum atomic E-state index is 0. The van der Waals surface area contributed by atoms with E-state index in [-0.39, 0.29) is 16.5 Å². The van der Waals surface area contributed by atoms with Crippen LogP contribution >= 0.6 is 0 Å². The second-order valence-corrected chi connectivity index (χ2v) is 18.9. The molecule has 0 radical (unpaired) electrons. The van der Waals surface area contributed by atoms with Gasteiger partial charge in [0, 0.05) is 22.3 Å². The Morgan fingerprint density at radius 1 is 0.343 bits per heavy atom. The quantitative estimate of drug-likeness (QED) is 0.0215. The fourth-order valence-electron chi connectivity index (χ4n) is 9.55. The van der Waals surface area contributed by atoms with Gasteiger partial charge in [-0.1, -0.05) is 132 Å². The molecule has 4 aromatic carbocycles. The number of hydrogen-bond donors (Lipinski definition) is 0. The van der Waals surface area contributed by atoms with Crippen molar-refractivity contribution < 1.29 is 21.2 Å². The molecular formula is C64H94N2Ni. The molecule has 5 rings (SSSR count). The van der Waals surface area contributed by atoms with Gasteiger partial charge in [0.25, 0.3) is 0 Å². The van der Waals surface area contributed by atoms with Gasteiger partial charge in [-0.15, -0.1) is 0 Å². The summed E-state index contributed by atoms with van der Waals surface area (Å²) in [6.07, 6.45) is 33.7. The molecule has 67 heavy (non-hydrogen) atoms. The number of hydrogen-bond acceptors (Lipinski definition) is 0. The minimum Gasteiger partial charge on any atom is -0.493 e. The minimum absolute atomic E-state index is 0. The van der Waals surface area contributed by atoms with Crippen molar-refractivity contribution in [1.82, 2.24) is 0 Å². The van der Waals surface area contributed by atoms with Gasteiger partial charge in [0.05, 0.1) is 0 Å². The van der Waals surface area contributed by atoms with Gasteiger partial charge >= 0.3 is 16.5 Å². The van der Waals surface area contributed by atoms with Crippen molar-refractivity contribution in [2.24, 2.45) is 0 Å². The van der Waals surface area contributed by atoms with Gasteiger partial charge in [0.1, 0.15) is 0 Å². The molecule has 2 nitrogen and oxygen atoms in total. The molecule has 0 saturated carbocycles. The molecule has 0 amide bonds. The van der Waals surface area contributed by atoms with Gasteiger partial charge in [-0.3, -0.25) is 0 Å². The molecule has 0 aromatic heterocycles. The third-order valence-corrected chi connectivity index (χ3v) is 13.3. The molecule has 1 aliphatic rings. The fraction of sp³-hybridized carbons (Fsp3) is 0.562. The Bertz CT molecular complexity index is 1700.